The third-order valence-electron chi connectivity index (χ3n) is 7.82. The summed E-state index contributed by atoms with van der Waals surface area (Å²) in [5.74, 6) is -2.04. The Kier molecular flexibility index (Phi) is 11.0. The molecule has 1 aromatic carbocycles. The number of aliphatic carboxylic acids is 1. The highest BCUT2D eigenvalue weighted by atomic mass is 16.6. The lowest BCUT2D eigenvalue weighted by atomic mass is 9.79. The van der Waals surface area contributed by atoms with Gasteiger partial charge in [-0.25, -0.2) is 9.48 Å². The number of hydrogen-bond donors (Lipinski definition) is 3. The zero-order valence-electron chi connectivity index (χ0n) is 26.0. The van der Waals surface area contributed by atoms with E-state index >= 15 is 0 Å². The van der Waals surface area contributed by atoms with Crippen molar-refractivity contribution in [1.29, 1.82) is 0 Å². The molecule has 1 saturated carbocycles. The number of para-hydroxylation sites is 1. The summed E-state index contributed by atoms with van der Waals surface area (Å²) in [4.78, 5) is 66.6. The number of carboxylic acid groups (broad SMARTS) is 1. The molecule has 14 nitrogen and oxygen atoms in total. The van der Waals surface area contributed by atoms with Crippen LogP contribution in [0, 0.1) is 5.92 Å². The van der Waals surface area contributed by atoms with Crippen LogP contribution in [0.15, 0.2) is 36.4 Å². The Balaban J connectivity index is 1.54. The first-order chi connectivity index (χ1) is 21.5. The third kappa shape index (κ3) is 8.31. The molecule has 4 amide bonds. The number of carboxylic acids is 1. The fourth-order valence-electron chi connectivity index (χ4n) is 5.14. The number of hydrogen-bond acceptors (Lipinski definition) is 8. The van der Waals surface area contributed by atoms with Gasteiger partial charge in [0.05, 0.1) is 12.3 Å². The summed E-state index contributed by atoms with van der Waals surface area (Å²) in [6, 6.07) is 9.28. The van der Waals surface area contributed by atoms with Gasteiger partial charge >= 0.3 is 12.1 Å². The largest absolute Gasteiger partial charge is 0.481 e. The van der Waals surface area contributed by atoms with Gasteiger partial charge in [0.1, 0.15) is 6.04 Å². The summed E-state index contributed by atoms with van der Waals surface area (Å²) in [5.41, 5.74) is -0.561. The molecular weight excluding hydrogens is 584 g/mol. The van der Waals surface area contributed by atoms with E-state index in [-0.39, 0.29) is 69.0 Å². The molecule has 2 heterocycles. The minimum atomic E-state index is -1.14. The molecule has 14 heteroatoms. The van der Waals surface area contributed by atoms with Crippen LogP contribution in [0.25, 0.3) is 5.69 Å². The molecule has 1 saturated heterocycles. The predicted octanol–water partition coefficient (Wildman–Crippen LogP) is 2.21. The van der Waals surface area contributed by atoms with Gasteiger partial charge in [0.15, 0.2) is 11.3 Å². The Labute approximate surface area is 262 Å². The number of aromatic nitrogens is 2. The van der Waals surface area contributed by atoms with Crippen molar-refractivity contribution in [2.24, 2.45) is 5.92 Å². The quantitative estimate of drug-likeness (QED) is 0.301. The topological polar surface area (TPSA) is 172 Å². The number of nitrogens with zero attached hydrogens (tertiary/aromatic N) is 4. The molecule has 2 aliphatic rings. The molecule has 0 unspecified atom stereocenters. The average Bonchev–Trinajstić information content (AvgIpc) is 3.44. The number of rotatable bonds is 13. The molecule has 2 aromatic rings. The van der Waals surface area contributed by atoms with E-state index in [0.29, 0.717) is 25.1 Å². The number of piperazine rings is 1. The van der Waals surface area contributed by atoms with Crippen molar-refractivity contribution in [1.82, 2.24) is 30.2 Å². The lowest BCUT2D eigenvalue weighted by molar-refractivity contribution is -0.145. The highest BCUT2D eigenvalue weighted by Gasteiger charge is 2.47. The summed E-state index contributed by atoms with van der Waals surface area (Å²) in [5, 5.41) is 19.4. The van der Waals surface area contributed by atoms with Crippen LogP contribution in [-0.4, -0.2) is 105 Å². The van der Waals surface area contributed by atoms with Crippen LogP contribution in [0.5, 0.6) is 5.88 Å². The van der Waals surface area contributed by atoms with Gasteiger partial charge in [-0.15, -0.1) is 0 Å². The first-order valence-corrected chi connectivity index (χ1v) is 15.4. The van der Waals surface area contributed by atoms with Gasteiger partial charge in [-0.05, 0) is 50.7 Å². The summed E-state index contributed by atoms with van der Waals surface area (Å²) in [6.45, 7) is 7.36. The van der Waals surface area contributed by atoms with E-state index in [4.69, 9.17) is 9.47 Å². The molecule has 1 aliphatic heterocycles. The van der Waals surface area contributed by atoms with Crippen LogP contribution in [0.4, 0.5) is 4.79 Å². The second-order valence-electron chi connectivity index (χ2n) is 11.6. The molecule has 1 aromatic heterocycles. The third-order valence-corrected chi connectivity index (χ3v) is 7.82. The van der Waals surface area contributed by atoms with E-state index in [0.717, 1.165) is 6.42 Å². The van der Waals surface area contributed by atoms with E-state index in [1.807, 2.05) is 19.9 Å². The van der Waals surface area contributed by atoms with Gasteiger partial charge in [-0.1, -0.05) is 32.0 Å². The molecular formula is C31H42N6O8. The molecule has 0 bridgehead atoms. The molecule has 3 N–H and O–H groups in total. The Bertz CT molecular complexity index is 1370. The summed E-state index contributed by atoms with van der Waals surface area (Å²) in [7, 11) is 0. The van der Waals surface area contributed by atoms with E-state index in [2.05, 4.69) is 15.7 Å². The normalized spacial score (nSPS) is 16.4. The summed E-state index contributed by atoms with van der Waals surface area (Å²) < 4.78 is 12.8. The molecule has 4 rings (SSSR count). The van der Waals surface area contributed by atoms with E-state index in [9.17, 15) is 29.1 Å². The molecule has 1 atom stereocenters. The average molecular weight is 627 g/mol. The van der Waals surface area contributed by atoms with Crippen LogP contribution in [0.1, 0.15) is 63.4 Å². The van der Waals surface area contributed by atoms with Crippen molar-refractivity contribution in [2.45, 2.75) is 64.5 Å². The van der Waals surface area contributed by atoms with Crippen LogP contribution in [-0.2, 0) is 19.1 Å². The second-order valence-corrected chi connectivity index (χ2v) is 11.6. The van der Waals surface area contributed by atoms with E-state index in [1.165, 1.54) is 20.5 Å². The summed E-state index contributed by atoms with van der Waals surface area (Å²) in [6.07, 6.45) is 0.874. The number of amides is 4. The fourth-order valence-corrected chi connectivity index (χ4v) is 5.14. The SMILES string of the molecule is CCOC(=O)N1CCN(C(=O)[C@H](CCC(=O)O)NC(=O)c2cc(OC3(C(=O)NCC(C)C)CCC3)n(-c3ccccc3)n2)CC1. The zero-order chi connectivity index (χ0) is 32.6. The van der Waals surface area contributed by atoms with Gasteiger partial charge in [-0.2, -0.15) is 5.10 Å². The fraction of sp³-hybridized carbons (Fsp3) is 0.548. The maximum absolute atomic E-state index is 13.5. The molecule has 244 valence electrons. The highest BCUT2D eigenvalue weighted by molar-refractivity contribution is 5.96. The van der Waals surface area contributed by atoms with Crippen LogP contribution in [0.2, 0.25) is 0 Å². The molecule has 45 heavy (non-hydrogen) atoms. The van der Waals surface area contributed by atoms with Crippen LogP contribution in [0.3, 0.4) is 0 Å². The summed E-state index contributed by atoms with van der Waals surface area (Å²) >= 11 is 0. The van der Waals surface area contributed by atoms with Crippen molar-refractivity contribution in [3.63, 3.8) is 0 Å². The van der Waals surface area contributed by atoms with Crippen molar-refractivity contribution in [3.8, 4) is 11.6 Å². The maximum Gasteiger partial charge on any atom is 0.409 e. The first kappa shape index (κ1) is 33.3. The zero-order valence-corrected chi connectivity index (χ0v) is 26.0. The lowest BCUT2D eigenvalue weighted by Crippen LogP contribution is -2.56. The minimum Gasteiger partial charge on any atom is -0.481 e. The number of carbonyl (C=O) groups excluding carboxylic acids is 4. The van der Waals surface area contributed by atoms with Crippen molar-refractivity contribution in [3.05, 3.63) is 42.1 Å². The number of benzene rings is 1. The van der Waals surface area contributed by atoms with E-state index in [1.54, 1.807) is 31.2 Å². The van der Waals surface area contributed by atoms with Gasteiger partial charge in [0, 0.05) is 45.2 Å². The maximum atomic E-state index is 13.5. The van der Waals surface area contributed by atoms with Crippen molar-refractivity contribution < 1.29 is 38.6 Å². The smallest absolute Gasteiger partial charge is 0.409 e. The predicted molar refractivity (Wildman–Crippen MR) is 162 cm³/mol. The monoisotopic (exact) mass is 626 g/mol. The Hall–Kier alpha value is -4.62. The molecule has 1 aliphatic carbocycles. The van der Waals surface area contributed by atoms with Gasteiger partial charge in [0.25, 0.3) is 11.8 Å². The number of carbonyl (C=O) groups is 5. The second kappa shape index (κ2) is 14.9. The van der Waals surface area contributed by atoms with Crippen LogP contribution < -0.4 is 15.4 Å². The van der Waals surface area contributed by atoms with Crippen LogP contribution >= 0.6 is 0 Å². The minimum absolute atomic E-state index is 0.0637. The van der Waals surface area contributed by atoms with Gasteiger partial charge in [-0.3, -0.25) is 19.2 Å². The lowest BCUT2D eigenvalue weighted by Gasteiger charge is -2.40. The first-order valence-electron chi connectivity index (χ1n) is 15.4. The molecule has 0 radical (unpaired) electrons. The highest BCUT2D eigenvalue weighted by Crippen LogP contribution is 2.38. The Morgan fingerprint density at radius 3 is 2.27 bits per heavy atom. The Morgan fingerprint density at radius 2 is 1.69 bits per heavy atom. The number of ether oxygens (including phenoxy) is 2. The van der Waals surface area contributed by atoms with Gasteiger partial charge < -0.3 is 35.0 Å². The molecule has 0 spiro atoms. The van der Waals surface area contributed by atoms with E-state index < -0.39 is 35.5 Å². The van der Waals surface area contributed by atoms with Crippen molar-refractivity contribution in [2.75, 3.05) is 39.3 Å². The Morgan fingerprint density at radius 1 is 1.02 bits per heavy atom. The number of nitrogens with one attached hydrogen (secondary N) is 2. The molecule has 2 fully saturated rings. The van der Waals surface area contributed by atoms with Crippen molar-refractivity contribution >= 4 is 29.8 Å². The standard InChI is InChI=1S/C31H42N6O8/c1-4-44-30(43)36-17-15-35(16-18-36)28(41)23(11-12-26(38)39)33-27(40)24-19-25(37(34-24)22-9-6-5-7-10-22)45-31(13-8-14-31)29(42)32-20-21(2)3/h5-7,9-10,19,21,23H,4,8,11-18,20H2,1-3H3,(H,32,42)(H,33,40)(H,38,39)/t23-/m0/s1. The van der Waals surface area contributed by atoms with Gasteiger partial charge in [0.2, 0.25) is 11.8 Å².